The molecule has 3 aromatic rings. The first-order chi connectivity index (χ1) is 18.1. The van der Waals surface area contributed by atoms with E-state index in [1.54, 1.807) is 29.3 Å². The molecule has 3 heterocycles. The first-order valence-corrected chi connectivity index (χ1v) is 12.5. The van der Waals surface area contributed by atoms with Gasteiger partial charge in [0.1, 0.15) is 5.82 Å². The Morgan fingerprint density at radius 1 is 1.14 bits per heavy atom. The highest BCUT2D eigenvalue weighted by molar-refractivity contribution is 6.02. The molecule has 2 N–H and O–H groups in total. The lowest BCUT2D eigenvalue weighted by Gasteiger charge is -2.28. The van der Waals surface area contributed by atoms with Gasteiger partial charge in [-0.3, -0.25) is 4.79 Å². The molecular formula is C28H30N6O3. The molecule has 190 valence electrons. The lowest BCUT2D eigenvalue weighted by atomic mass is 10.1. The van der Waals surface area contributed by atoms with Gasteiger partial charge in [0.05, 0.1) is 5.69 Å². The summed E-state index contributed by atoms with van der Waals surface area (Å²) >= 11 is 0. The van der Waals surface area contributed by atoms with E-state index in [0.717, 1.165) is 24.0 Å². The first kappa shape index (κ1) is 24.5. The van der Waals surface area contributed by atoms with E-state index >= 15 is 0 Å². The zero-order chi connectivity index (χ0) is 25.6. The van der Waals surface area contributed by atoms with Gasteiger partial charge in [-0.1, -0.05) is 43.0 Å². The van der Waals surface area contributed by atoms with Crippen molar-refractivity contribution in [3.8, 4) is 0 Å². The molecule has 37 heavy (non-hydrogen) atoms. The zero-order valence-corrected chi connectivity index (χ0v) is 20.6. The number of anilines is 4. The quantitative estimate of drug-likeness (QED) is 0.465. The number of benzene rings is 2. The summed E-state index contributed by atoms with van der Waals surface area (Å²) in [6, 6.07) is 17.1. The van der Waals surface area contributed by atoms with Gasteiger partial charge in [-0.25, -0.2) is 14.7 Å². The van der Waals surface area contributed by atoms with Crippen molar-refractivity contribution < 1.29 is 14.3 Å². The van der Waals surface area contributed by atoms with Crippen LogP contribution in [0.1, 0.15) is 24.0 Å². The van der Waals surface area contributed by atoms with Crippen LogP contribution in [-0.4, -0.2) is 52.6 Å². The minimum Gasteiger partial charge on any atom is -0.381 e. The molecule has 2 aliphatic rings. The Balaban J connectivity index is 1.52. The molecular weight excluding hydrogens is 468 g/mol. The maximum Gasteiger partial charge on any atom is 0.330 e. The monoisotopic (exact) mass is 498 g/mol. The van der Waals surface area contributed by atoms with Gasteiger partial charge in [0.2, 0.25) is 11.9 Å². The van der Waals surface area contributed by atoms with Gasteiger partial charge >= 0.3 is 6.03 Å². The van der Waals surface area contributed by atoms with Gasteiger partial charge in [-0.2, -0.15) is 4.98 Å². The van der Waals surface area contributed by atoms with Crippen LogP contribution in [0, 0.1) is 0 Å². The summed E-state index contributed by atoms with van der Waals surface area (Å²) in [6.45, 7) is 5.91. The third kappa shape index (κ3) is 5.78. The largest absolute Gasteiger partial charge is 0.381 e. The highest BCUT2D eigenvalue weighted by Crippen LogP contribution is 2.34. The summed E-state index contributed by atoms with van der Waals surface area (Å²) in [5.41, 5.74) is 3.08. The summed E-state index contributed by atoms with van der Waals surface area (Å²) < 4.78 is 5.47. The lowest BCUT2D eigenvalue weighted by Crippen LogP contribution is -2.40. The van der Waals surface area contributed by atoms with Crippen molar-refractivity contribution in [3.63, 3.8) is 0 Å². The minimum absolute atomic E-state index is 0.189. The average molecular weight is 499 g/mol. The SMILES string of the molecule is C=CC(=O)Nc1cccc(N2C(=O)N(Cc3ccccc3)CCc3cnc(NC4CCOCC4)nc32)c1. The van der Waals surface area contributed by atoms with Crippen LogP contribution >= 0.6 is 0 Å². The van der Waals surface area contributed by atoms with Gasteiger partial charge in [0, 0.05) is 49.8 Å². The molecule has 9 heteroatoms. The van der Waals surface area contributed by atoms with Gasteiger partial charge in [-0.15, -0.1) is 0 Å². The number of fused-ring (bicyclic) bond motifs is 1. The molecule has 9 nitrogen and oxygen atoms in total. The van der Waals surface area contributed by atoms with Gasteiger partial charge in [-0.05, 0) is 49.1 Å². The number of rotatable bonds is 7. The number of urea groups is 1. The highest BCUT2D eigenvalue weighted by atomic mass is 16.5. The molecule has 0 atom stereocenters. The van der Waals surface area contributed by atoms with E-state index in [0.29, 0.717) is 55.9 Å². The number of hydrogen-bond acceptors (Lipinski definition) is 6. The Bertz CT molecular complexity index is 1280. The van der Waals surface area contributed by atoms with Crippen molar-refractivity contribution in [3.05, 3.63) is 84.6 Å². The number of nitrogens with one attached hydrogen (secondary N) is 2. The lowest BCUT2D eigenvalue weighted by molar-refractivity contribution is -0.111. The number of aromatic nitrogens is 2. The van der Waals surface area contributed by atoms with Crippen LogP contribution in [0.5, 0.6) is 0 Å². The number of amides is 3. The molecule has 1 saturated heterocycles. The number of nitrogens with zero attached hydrogens (tertiary/aromatic N) is 4. The maximum atomic E-state index is 14.1. The van der Waals surface area contributed by atoms with Crippen LogP contribution in [0.4, 0.5) is 27.9 Å². The second kappa shape index (κ2) is 11.2. The van der Waals surface area contributed by atoms with Crippen molar-refractivity contribution in [1.82, 2.24) is 14.9 Å². The van der Waals surface area contributed by atoms with Crippen molar-refractivity contribution >= 4 is 35.1 Å². The molecule has 0 spiro atoms. The van der Waals surface area contributed by atoms with E-state index < -0.39 is 0 Å². The summed E-state index contributed by atoms with van der Waals surface area (Å²) in [6.07, 6.45) is 5.38. The van der Waals surface area contributed by atoms with E-state index in [-0.39, 0.29) is 18.0 Å². The Labute approximate surface area is 216 Å². The van der Waals surface area contributed by atoms with Crippen molar-refractivity contribution in [1.29, 1.82) is 0 Å². The molecule has 0 bridgehead atoms. The van der Waals surface area contributed by atoms with E-state index in [4.69, 9.17) is 9.72 Å². The predicted octanol–water partition coefficient (Wildman–Crippen LogP) is 4.51. The number of hydrogen-bond donors (Lipinski definition) is 2. The Hall–Kier alpha value is -4.24. The number of ether oxygens (including phenoxy) is 1. The number of carbonyl (C=O) groups is 2. The van der Waals surface area contributed by atoms with E-state index in [2.05, 4.69) is 22.2 Å². The van der Waals surface area contributed by atoms with Crippen LogP contribution < -0.4 is 15.5 Å². The zero-order valence-electron chi connectivity index (χ0n) is 20.6. The Morgan fingerprint density at radius 3 is 2.73 bits per heavy atom. The van der Waals surface area contributed by atoms with Gasteiger partial charge < -0.3 is 20.3 Å². The topological polar surface area (TPSA) is 99.7 Å². The van der Waals surface area contributed by atoms with Gasteiger partial charge in [0.15, 0.2) is 0 Å². The second-order valence-electron chi connectivity index (χ2n) is 9.09. The second-order valence-corrected chi connectivity index (χ2v) is 9.09. The molecule has 0 unspecified atom stereocenters. The molecule has 3 amide bonds. The highest BCUT2D eigenvalue weighted by Gasteiger charge is 2.31. The molecule has 2 aliphatic heterocycles. The summed E-state index contributed by atoms with van der Waals surface area (Å²) in [5.74, 6) is 0.698. The first-order valence-electron chi connectivity index (χ1n) is 12.5. The number of carbonyl (C=O) groups excluding carboxylic acids is 2. The van der Waals surface area contributed by atoms with Crippen LogP contribution in [0.3, 0.4) is 0 Å². The third-order valence-electron chi connectivity index (χ3n) is 6.49. The fourth-order valence-electron chi connectivity index (χ4n) is 4.54. The third-order valence-corrected chi connectivity index (χ3v) is 6.49. The molecule has 2 aromatic carbocycles. The van der Waals surface area contributed by atoms with Crippen molar-refractivity contribution in [2.45, 2.75) is 31.8 Å². The standard InChI is InChI=1S/C28H30N6O3/c1-2-25(35)30-23-9-6-10-24(17-23)34-26-21(18-29-27(32-26)31-22-12-15-37-16-13-22)11-14-33(28(34)36)19-20-7-4-3-5-8-20/h2-10,17-18,22H,1,11-16,19H2,(H,30,35)(H,29,31,32). The van der Waals surface area contributed by atoms with Crippen LogP contribution in [0.2, 0.25) is 0 Å². The average Bonchev–Trinajstić information content (AvgIpc) is 3.06. The summed E-state index contributed by atoms with van der Waals surface area (Å²) in [5, 5.41) is 6.19. The predicted molar refractivity (Wildman–Crippen MR) is 143 cm³/mol. The fourth-order valence-corrected chi connectivity index (χ4v) is 4.54. The summed E-state index contributed by atoms with van der Waals surface area (Å²) in [4.78, 5) is 38.8. The fraction of sp³-hybridized carbons (Fsp3) is 0.286. The van der Waals surface area contributed by atoms with E-state index in [1.807, 2.05) is 41.3 Å². The molecule has 0 aliphatic carbocycles. The van der Waals surface area contributed by atoms with E-state index in [9.17, 15) is 9.59 Å². The maximum absolute atomic E-state index is 14.1. The normalized spacial score (nSPS) is 16.1. The van der Waals surface area contributed by atoms with Crippen molar-refractivity contribution in [2.24, 2.45) is 0 Å². The molecule has 1 fully saturated rings. The van der Waals surface area contributed by atoms with Crippen molar-refractivity contribution in [2.75, 3.05) is 35.3 Å². The Kier molecular flexibility index (Phi) is 7.41. The van der Waals surface area contributed by atoms with Crippen LogP contribution in [0.15, 0.2) is 73.4 Å². The van der Waals surface area contributed by atoms with Crippen LogP contribution in [0.25, 0.3) is 0 Å². The molecule has 0 saturated carbocycles. The van der Waals surface area contributed by atoms with E-state index in [1.165, 1.54) is 6.08 Å². The van der Waals surface area contributed by atoms with Gasteiger partial charge in [0.25, 0.3) is 0 Å². The van der Waals surface area contributed by atoms with Crippen LogP contribution in [-0.2, 0) is 22.5 Å². The molecule has 0 radical (unpaired) electrons. The Morgan fingerprint density at radius 2 is 1.95 bits per heavy atom. The minimum atomic E-state index is -0.323. The molecule has 1 aromatic heterocycles. The summed E-state index contributed by atoms with van der Waals surface area (Å²) in [7, 11) is 0. The smallest absolute Gasteiger partial charge is 0.330 e. The molecule has 5 rings (SSSR count).